The van der Waals surface area contributed by atoms with Crippen molar-refractivity contribution >= 4 is 27.2 Å². The maximum absolute atomic E-state index is 12.6. The fourth-order valence-corrected chi connectivity index (χ4v) is 4.22. The molecule has 0 radical (unpaired) electrons. The van der Waals surface area contributed by atoms with Gasteiger partial charge in [0.05, 0.1) is 4.88 Å². The molecule has 1 heterocycles. The number of thiophene rings is 1. The number of carbonyl (C=O) groups excluding carboxylic acids is 1. The Morgan fingerprint density at radius 1 is 1.21 bits per heavy atom. The number of carbonyl (C=O) groups is 1. The summed E-state index contributed by atoms with van der Waals surface area (Å²) in [6.07, 6.45) is 5.91. The van der Waals surface area contributed by atoms with Gasteiger partial charge in [0.15, 0.2) is 5.78 Å². The van der Waals surface area contributed by atoms with Gasteiger partial charge in [0, 0.05) is 10.6 Å². The summed E-state index contributed by atoms with van der Waals surface area (Å²) in [5, 5.41) is 1.21. The Morgan fingerprint density at radius 3 is 2.63 bits per heavy atom. The minimum atomic E-state index is 0.274. The van der Waals surface area contributed by atoms with E-state index in [1.54, 1.807) is 11.3 Å². The predicted molar refractivity (Wildman–Crippen MR) is 81.9 cm³/mol. The van der Waals surface area contributed by atoms with Gasteiger partial charge in [-0.15, -0.1) is 11.3 Å². The van der Waals surface area contributed by atoms with Gasteiger partial charge >= 0.3 is 0 Å². The average Bonchev–Trinajstić information content (AvgIpc) is 2.90. The predicted octanol–water partition coefficient (Wildman–Crippen LogP) is 5.30. The van der Waals surface area contributed by atoms with Crippen LogP contribution in [0.5, 0.6) is 0 Å². The van der Waals surface area contributed by atoms with E-state index in [4.69, 9.17) is 0 Å². The van der Waals surface area contributed by atoms with Gasteiger partial charge in [-0.3, -0.25) is 4.79 Å². The molecular formula is C17H20OS. The van der Waals surface area contributed by atoms with Gasteiger partial charge in [-0.05, 0) is 49.1 Å². The van der Waals surface area contributed by atoms with Crippen LogP contribution in [-0.4, -0.2) is 5.78 Å². The maximum Gasteiger partial charge on any atom is 0.175 e. The lowest BCUT2D eigenvalue weighted by atomic mass is 9.79. The molecule has 1 fully saturated rings. The molecule has 0 amide bonds. The van der Waals surface area contributed by atoms with Gasteiger partial charge in [-0.25, -0.2) is 0 Å². The van der Waals surface area contributed by atoms with Crippen molar-refractivity contribution in [1.29, 1.82) is 0 Å². The largest absolute Gasteiger partial charge is 0.293 e. The van der Waals surface area contributed by atoms with E-state index < -0.39 is 0 Å². The second-order valence-corrected chi connectivity index (χ2v) is 6.72. The van der Waals surface area contributed by atoms with Crippen LogP contribution in [-0.2, 0) is 0 Å². The summed E-state index contributed by atoms with van der Waals surface area (Å²) in [5.41, 5.74) is 0. The van der Waals surface area contributed by atoms with Crippen LogP contribution in [0.1, 0.15) is 48.7 Å². The standard InChI is InChI=1S/C17H20OS/c1-2-12-7-9-13(10-8-12)17(18)16-11-14-5-3-4-6-15(14)19-16/h3-6,11-13H,2,7-10H2,1H3. The lowest BCUT2D eigenvalue weighted by Gasteiger charge is -2.26. The molecule has 1 nitrogen and oxygen atoms in total. The van der Waals surface area contributed by atoms with Crippen LogP contribution >= 0.6 is 11.3 Å². The van der Waals surface area contributed by atoms with Gasteiger partial charge in [-0.1, -0.05) is 31.5 Å². The van der Waals surface area contributed by atoms with E-state index in [2.05, 4.69) is 25.1 Å². The molecule has 0 atom stereocenters. The van der Waals surface area contributed by atoms with E-state index in [0.29, 0.717) is 5.78 Å². The van der Waals surface area contributed by atoms with Gasteiger partial charge < -0.3 is 0 Å². The molecule has 1 aromatic carbocycles. The van der Waals surface area contributed by atoms with E-state index >= 15 is 0 Å². The van der Waals surface area contributed by atoms with Crippen molar-refractivity contribution < 1.29 is 4.79 Å². The molecule has 0 spiro atoms. The summed E-state index contributed by atoms with van der Waals surface area (Å²) in [6.45, 7) is 2.26. The maximum atomic E-state index is 12.6. The second-order valence-electron chi connectivity index (χ2n) is 5.64. The molecule has 2 heteroatoms. The topological polar surface area (TPSA) is 17.1 Å². The number of hydrogen-bond acceptors (Lipinski definition) is 2. The molecule has 2 aromatic rings. The number of hydrogen-bond donors (Lipinski definition) is 0. The van der Waals surface area contributed by atoms with Crippen molar-refractivity contribution in [1.82, 2.24) is 0 Å². The fourth-order valence-electron chi connectivity index (χ4n) is 3.14. The summed E-state index contributed by atoms with van der Waals surface area (Å²) < 4.78 is 1.23. The third-order valence-electron chi connectivity index (χ3n) is 4.46. The van der Waals surface area contributed by atoms with E-state index in [9.17, 15) is 4.79 Å². The van der Waals surface area contributed by atoms with Crippen molar-refractivity contribution in [2.45, 2.75) is 39.0 Å². The molecular weight excluding hydrogens is 252 g/mol. The zero-order valence-electron chi connectivity index (χ0n) is 11.4. The Labute approximate surface area is 118 Å². The van der Waals surface area contributed by atoms with Gasteiger partial charge in [0.25, 0.3) is 0 Å². The molecule has 19 heavy (non-hydrogen) atoms. The molecule has 1 aliphatic carbocycles. The second kappa shape index (κ2) is 5.46. The lowest BCUT2D eigenvalue weighted by molar-refractivity contribution is 0.0875. The van der Waals surface area contributed by atoms with Crippen LogP contribution in [0.15, 0.2) is 30.3 Å². The van der Waals surface area contributed by atoms with Crippen LogP contribution < -0.4 is 0 Å². The Bertz CT molecular complexity index is 543. The van der Waals surface area contributed by atoms with Crippen molar-refractivity contribution in [2.24, 2.45) is 11.8 Å². The molecule has 1 saturated carbocycles. The summed E-state index contributed by atoms with van der Waals surface area (Å²) in [6, 6.07) is 10.4. The Kier molecular flexibility index (Phi) is 3.69. The van der Waals surface area contributed by atoms with Crippen LogP contribution in [0.2, 0.25) is 0 Å². The minimum Gasteiger partial charge on any atom is -0.293 e. The van der Waals surface area contributed by atoms with E-state index in [1.807, 2.05) is 12.1 Å². The third kappa shape index (κ3) is 2.59. The lowest BCUT2D eigenvalue weighted by Crippen LogP contribution is -2.21. The Morgan fingerprint density at radius 2 is 1.95 bits per heavy atom. The zero-order chi connectivity index (χ0) is 13.2. The molecule has 1 aromatic heterocycles. The van der Waals surface area contributed by atoms with E-state index in [-0.39, 0.29) is 5.92 Å². The number of Topliss-reactive ketones (excluding diaryl/α,β-unsaturated/α-hetero) is 1. The smallest absolute Gasteiger partial charge is 0.175 e. The third-order valence-corrected chi connectivity index (χ3v) is 5.59. The molecule has 0 N–H and O–H groups in total. The summed E-state index contributed by atoms with van der Waals surface area (Å²) in [5.74, 6) is 1.51. The van der Waals surface area contributed by atoms with Crippen LogP contribution in [0.3, 0.4) is 0 Å². The molecule has 0 bridgehead atoms. The molecule has 1 aliphatic rings. The Balaban J connectivity index is 1.77. The van der Waals surface area contributed by atoms with E-state index in [1.165, 1.54) is 29.3 Å². The normalized spacial score (nSPS) is 23.6. The molecule has 0 aliphatic heterocycles. The Hall–Kier alpha value is -1.15. The summed E-state index contributed by atoms with van der Waals surface area (Å²) in [7, 11) is 0. The highest BCUT2D eigenvalue weighted by atomic mass is 32.1. The first-order valence-corrected chi connectivity index (χ1v) is 8.12. The number of ketones is 1. The highest BCUT2D eigenvalue weighted by Gasteiger charge is 2.27. The van der Waals surface area contributed by atoms with Crippen LogP contribution in [0, 0.1) is 11.8 Å². The SMILES string of the molecule is CCC1CCC(C(=O)c2cc3ccccc3s2)CC1. The molecule has 3 rings (SSSR count). The van der Waals surface area contributed by atoms with E-state index in [0.717, 1.165) is 23.6 Å². The molecule has 0 unspecified atom stereocenters. The quantitative estimate of drug-likeness (QED) is 0.693. The summed E-state index contributed by atoms with van der Waals surface area (Å²) in [4.78, 5) is 13.5. The van der Waals surface area contributed by atoms with Crippen molar-refractivity contribution in [2.75, 3.05) is 0 Å². The zero-order valence-corrected chi connectivity index (χ0v) is 12.2. The highest BCUT2D eigenvalue weighted by molar-refractivity contribution is 7.20. The minimum absolute atomic E-state index is 0.274. The first kappa shape index (κ1) is 12.9. The average molecular weight is 272 g/mol. The van der Waals surface area contributed by atoms with Crippen molar-refractivity contribution in [3.8, 4) is 0 Å². The van der Waals surface area contributed by atoms with Crippen LogP contribution in [0.4, 0.5) is 0 Å². The summed E-state index contributed by atoms with van der Waals surface area (Å²) >= 11 is 1.66. The number of benzene rings is 1. The first-order chi connectivity index (χ1) is 9.28. The van der Waals surface area contributed by atoms with Crippen molar-refractivity contribution in [3.05, 3.63) is 35.2 Å². The highest BCUT2D eigenvalue weighted by Crippen LogP contribution is 2.35. The monoisotopic (exact) mass is 272 g/mol. The molecule has 100 valence electrons. The number of fused-ring (bicyclic) bond motifs is 1. The molecule has 0 saturated heterocycles. The first-order valence-electron chi connectivity index (χ1n) is 7.30. The van der Waals surface area contributed by atoms with Gasteiger partial charge in [-0.2, -0.15) is 0 Å². The number of rotatable bonds is 3. The van der Waals surface area contributed by atoms with Crippen LogP contribution in [0.25, 0.3) is 10.1 Å². The fraction of sp³-hybridized carbons (Fsp3) is 0.471. The van der Waals surface area contributed by atoms with Gasteiger partial charge in [0.1, 0.15) is 0 Å². The van der Waals surface area contributed by atoms with Crippen molar-refractivity contribution in [3.63, 3.8) is 0 Å². The van der Waals surface area contributed by atoms with Gasteiger partial charge in [0.2, 0.25) is 0 Å².